The molecule has 0 aliphatic carbocycles. The highest BCUT2D eigenvalue weighted by atomic mass is 35.5. The lowest BCUT2D eigenvalue weighted by atomic mass is 10.2. The molecule has 0 aliphatic heterocycles. The lowest BCUT2D eigenvalue weighted by molar-refractivity contribution is 0.653. The van der Waals surface area contributed by atoms with Crippen molar-refractivity contribution in [3.8, 4) is 11.4 Å². The summed E-state index contributed by atoms with van der Waals surface area (Å²) in [6.45, 7) is 0.461. The molecule has 0 radical (unpaired) electrons. The molecule has 1 aromatic heterocycles. The molecule has 0 spiro atoms. The van der Waals surface area contributed by atoms with E-state index in [1.807, 2.05) is 24.3 Å². The van der Waals surface area contributed by atoms with Crippen LogP contribution in [0.5, 0.6) is 0 Å². The lowest BCUT2D eigenvalue weighted by Crippen LogP contribution is -2.05. The summed E-state index contributed by atoms with van der Waals surface area (Å²) in [5.74, 6) is 0.569. The van der Waals surface area contributed by atoms with Crippen LogP contribution in [0.25, 0.3) is 11.4 Å². The van der Waals surface area contributed by atoms with Crippen LogP contribution in [0.15, 0.2) is 42.5 Å². The normalized spacial score (nSPS) is 10.8. The van der Waals surface area contributed by atoms with Gasteiger partial charge in [-0.1, -0.05) is 41.4 Å². The Balaban J connectivity index is 2.00. The molecule has 1 heterocycles. The number of nitrogens with two attached hydrogens (primary N) is 1. The Kier molecular flexibility index (Phi) is 3.77. The summed E-state index contributed by atoms with van der Waals surface area (Å²) >= 11 is 12.4. The third kappa shape index (κ3) is 2.84. The Hall–Kier alpha value is -2.11. The van der Waals surface area contributed by atoms with Crippen molar-refractivity contribution in [1.29, 1.82) is 0 Å². The van der Waals surface area contributed by atoms with E-state index in [2.05, 4.69) is 15.5 Å². The van der Waals surface area contributed by atoms with Gasteiger partial charge in [-0.25, -0.2) is 4.68 Å². The molecular formula is C14H11Cl2N5. The summed E-state index contributed by atoms with van der Waals surface area (Å²) in [6.07, 6.45) is 0. The van der Waals surface area contributed by atoms with Crippen LogP contribution in [0.4, 0.5) is 5.69 Å². The molecule has 21 heavy (non-hydrogen) atoms. The van der Waals surface area contributed by atoms with Gasteiger partial charge < -0.3 is 5.73 Å². The quantitative estimate of drug-likeness (QED) is 0.752. The van der Waals surface area contributed by atoms with Crippen molar-refractivity contribution in [1.82, 2.24) is 20.2 Å². The van der Waals surface area contributed by atoms with Gasteiger partial charge in [0.2, 0.25) is 0 Å². The third-order valence-electron chi connectivity index (χ3n) is 3.04. The average molecular weight is 320 g/mol. The molecule has 0 atom stereocenters. The van der Waals surface area contributed by atoms with E-state index < -0.39 is 0 Å². The topological polar surface area (TPSA) is 69.6 Å². The Bertz CT molecular complexity index is 785. The highest BCUT2D eigenvalue weighted by Crippen LogP contribution is 2.28. The van der Waals surface area contributed by atoms with Gasteiger partial charge in [0, 0.05) is 16.3 Å². The maximum atomic E-state index is 6.21. The number of tetrazole rings is 1. The molecule has 5 nitrogen and oxygen atoms in total. The zero-order valence-electron chi connectivity index (χ0n) is 10.9. The fourth-order valence-corrected chi connectivity index (χ4v) is 2.47. The van der Waals surface area contributed by atoms with E-state index in [1.54, 1.807) is 22.9 Å². The van der Waals surface area contributed by atoms with E-state index in [-0.39, 0.29) is 0 Å². The van der Waals surface area contributed by atoms with Gasteiger partial charge in [-0.15, -0.1) is 5.10 Å². The van der Waals surface area contributed by atoms with E-state index >= 15 is 0 Å². The highest BCUT2D eigenvalue weighted by molar-refractivity contribution is 6.33. The number of nitrogens with zero attached hydrogens (tertiary/aromatic N) is 4. The van der Waals surface area contributed by atoms with Crippen LogP contribution in [-0.2, 0) is 6.54 Å². The summed E-state index contributed by atoms with van der Waals surface area (Å²) in [5, 5.41) is 12.9. The molecule has 2 aromatic carbocycles. The second-order valence-electron chi connectivity index (χ2n) is 4.49. The van der Waals surface area contributed by atoms with Crippen LogP contribution in [-0.4, -0.2) is 20.2 Å². The average Bonchev–Trinajstić information content (AvgIpc) is 2.89. The van der Waals surface area contributed by atoms with E-state index in [4.69, 9.17) is 28.9 Å². The first-order valence-corrected chi connectivity index (χ1v) is 6.95. The third-order valence-corrected chi connectivity index (χ3v) is 3.73. The Morgan fingerprint density at radius 1 is 1.05 bits per heavy atom. The number of anilines is 1. The van der Waals surface area contributed by atoms with Crippen molar-refractivity contribution in [3.63, 3.8) is 0 Å². The van der Waals surface area contributed by atoms with E-state index in [0.29, 0.717) is 28.1 Å². The zero-order valence-corrected chi connectivity index (χ0v) is 12.4. The summed E-state index contributed by atoms with van der Waals surface area (Å²) in [4.78, 5) is 0. The number of hydrogen-bond acceptors (Lipinski definition) is 4. The molecule has 7 heteroatoms. The highest BCUT2D eigenvalue weighted by Gasteiger charge is 2.13. The molecule has 0 aliphatic rings. The zero-order chi connectivity index (χ0) is 14.8. The second kappa shape index (κ2) is 5.71. The van der Waals surface area contributed by atoms with Gasteiger partial charge in [-0.3, -0.25) is 0 Å². The maximum Gasteiger partial charge on any atom is 0.183 e. The van der Waals surface area contributed by atoms with Crippen molar-refractivity contribution in [3.05, 3.63) is 58.1 Å². The molecule has 0 saturated heterocycles. The minimum Gasteiger partial charge on any atom is -0.399 e. The molecule has 0 amide bonds. The predicted octanol–water partition coefficient (Wildman–Crippen LogP) is 3.28. The monoisotopic (exact) mass is 319 g/mol. The minimum absolute atomic E-state index is 0.461. The largest absolute Gasteiger partial charge is 0.399 e. The van der Waals surface area contributed by atoms with Gasteiger partial charge in [-0.05, 0) is 40.3 Å². The van der Waals surface area contributed by atoms with Crippen molar-refractivity contribution >= 4 is 28.9 Å². The Labute approximate surface area is 131 Å². The first-order valence-electron chi connectivity index (χ1n) is 6.20. The molecule has 0 bridgehead atoms. The molecule has 0 saturated carbocycles. The van der Waals surface area contributed by atoms with E-state index in [0.717, 1.165) is 11.1 Å². The molecule has 0 unspecified atom stereocenters. The van der Waals surface area contributed by atoms with Gasteiger partial charge >= 0.3 is 0 Å². The second-order valence-corrected chi connectivity index (χ2v) is 5.31. The fraction of sp³-hybridized carbons (Fsp3) is 0.0714. The first kappa shape index (κ1) is 13.9. The number of benzene rings is 2. The van der Waals surface area contributed by atoms with Crippen LogP contribution >= 0.6 is 23.2 Å². The van der Waals surface area contributed by atoms with Crippen molar-refractivity contribution < 1.29 is 0 Å². The molecule has 106 valence electrons. The van der Waals surface area contributed by atoms with Gasteiger partial charge in [0.15, 0.2) is 5.82 Å². The SMILES string of the molecule is Nc1ccc(-c2nnnn2Cc2ccccc2Cl)c(Cl)c1. The predicted molar refractivity (Wildman–Crippen MR) is 83.2 cm³/mol. The van der Waals surface area contributed by atoms with Crippen LogP contribution in [0.1, 0.15) is 5.56 Å². The van der Waals surface area contributed by atoms with Crippen LogP contribution in [0.2, 0.25) is 10.0 Å². The van der Waals surface area contributed by atoms with Gasteiger partial charge in [0.1, 0.15) is 0 Å². The van der Waals surface area contributed by atoms with Crippen molar-refractivity contribution in [2.75, 3.05) is 5.73 Å². The molecule has 2 N–H and O–H groups in total. The van der Waals surface area contributed by atoms with E-state index in [9.17, 15) is 0 Å². The van der Waals surface area contributed by atoms with Crippen LogP contribution in [0.3, 0.4) is 0 Å². The molecule has 3 rings (SSSR count). The fourth-order valence-electron chi connectivity index (χ4n) is 2.00. The first-order chi connectivity index (χ1) is 10.1. The Morgan fingerprint density at radius 3 is 2.62 bits per heavy atom. The molecule has 0 fully saturated rings. The number of nitrogen functional groups attached to an aromatic ring is 1. The minimum atomic E-state index is 0.461. The summed E-state index contributed by atoms with van der Waals surface area (Å²) in [5.41, 5.74) is 7.95. The van der Waals surface area contributed by atoms with Crippen LogP contribution < -0.4 is 5.73 Å². The standard InChI is InChI=1S/C14H11Cl2N5/c15-12-4-2-1-3-9(12)8-21-14(18-19-20-21)11-6-5-10(17)7-13(11)16/h1-7H,8,17H2. The number of aromatic nitrogens is 4. The van der Waals surface area contributed by atoms with Gasteiger partial charge in [0.05, 0.1) is 11.6 Å². The maximum absolute atomic E-state index is 6.21. The summed E-state index contributed by atoms with van der Waals surface area (Å²) in [6, 6.07) is 12.8. The molecular weight excluding hydrogens is 309 g/mol. The number of hydrogen-bond donors (Lipinski definition) is 1. The van der Waals surface area contributed by atoms with Gasteiger partial charge in [0.25, 0.3) is 0 Å². The van der Waals surface area contributed by atoms with Crippen LogP contribution in [0, 0.1) is 0 Å². The van der Waals surface area contributed by atoms with E-state index in [1.165, 1.54) is 0 Å². The summed E-state index contributed by atoms with van der Waals surface area (Å²) in [7, 11) is 0. The van der Waals surface area contributed by atoms with Crippen molar-refractivity contribution in [2.24, 2.45) is 0 Å². The molecule has 3 aromatic rings. The smallest absolute Gasteiger partial charge is 0.183 e. The lowest BCUT2D eigenvalue weighted by Gasteiger charge is -2.08. The van der Waals surface area contributed by atoms with Crippen molar-refractivity contribution in [2.45, 2.75) is 6.54 Å². The van der Waals surface area contributed by atoms with Gasteiger partial charge in [-0.2, -0.15) is 0 Å². The Morgan fingerprint density at radius 2 is 1.86 bits per heavy atom. The number of halogens is 2. The number of rotatable bonds is 3. The summed E-state index contributed by atoms with van der Waals surface area (Å²) < 4.78 is 1.65.